The summed E-state index contributed by atoms with van der Waals surface area (Å²) in [7, 11) is 0. The summed E-state index contributed by atoms with van der Waals surface area (Å²) in [5.74, 6) is 1.46. The van der Waals surface area contributed by atoms with Gasteiger partial charge >= 0.3 is 0 Å². The van der Waals surface area contributed by atoms with Crippen LogP contribution in [0.5, 0.6) is 11.5 Å². The number of allylic oxidation sites excluding steroid dienone is 1. The van der Waals surface area contributed by atoms with Gasteiger partial charge in [-0.25, -0.2) is 4.98 Å². The van der Waals surface area contributed by atoms with Crippen molar-refractivity contribution in [3.8, 4) is 28.8 Å². The van der Waals surface area contributed by atoms with Crippen molar-refractivity contribution < 1.29 is 9.47 Å². The molecule has 1 aromatic heterocycles. The highest BCUT2D eigenvalue weighted by atomic mass is 32.1. The van der Waals surface area contributed by atoms with Crippen molar-refractivity contribution >= 4 is 22.6 Å². The largest absolute Gasteiger partial charge is 0.454 e. The third-order valence-electron chi connectivity index (χ3n) is 3.68. The number of nitrogens with zero attached hydrogens (tertiary/aromatic N) is 2. The van der Waals surface area contributed by atoms with Crippen LogP contribution in [0.3, 0.4) is 0 Å². The number of nitrogens with one attached hydrogen (secondary N) is 1. The van der Waals surface area contributed by atoms with Gasteiger partial charge in [-0.1, -0.05) is 18.2 Å². The molecule has 1 aliphatic heterocycles. The van der Waals surface area contributed by atoms with Crippen molar-refractivity contribution in [3.05, 3.63) is 65.1 Å². The fourth-order valence-corrected chi connectivity index (χ4v) is 3.21. The number of benzene rings is 2. The molecule has 2 aromatic carbocycles. The molecule has 5 nitrogen and oxygen atoms in total. The van der Waals surface area contributed by atoms with Crippen LogP contribution in [0.2, 0.25) is 0 Å². The summed E-state index contributed by atoms with van der Waals surface area (Å²) < 4.78 is 10.7. The zero-order valence-electron chi connectivity index (χ0n) is 13.1. The molecule has 122 valence electrons. The van der Waals surface area contributed by atoms with Gasteiger partial charge in [0.05, 0.1) is 5.69 Å². The van der Waals surface area contributed by atoms with Crippen LogP contribution in [0.15, 0.2) is 60.1 Å². The molecule has 0 amide bonds. The average Bonchev–Trinajstić information content (AvgIpc) is 3.32. The summed E-state index contributed by atoms with van der Waals surface area (Å²) in [5, 5.41) is 15.2. The molecule has 25 heavy (non-hydrogen) atoms. The molecule has 3 aromatic rings. The topological polar surface area (TPSA) is 67.2 Å². The van der Waals surface area contributed by atoms with Crippen LogP contribution in [-0.4, -0.2) is 11.8 Å². The molecule has 0 bridgehead atoms. The Morgan fingerprint density at radius 1 is 1.16 bits per heavy atom. The summed E-state index contributed by atoms with van der Waals surface area (Å²) in [4.78, 5) is 4.58. The van der Waals surface area contributed by atoms with E-state index in [4.69, 9.17) is 9.47 Å². The number of aromatic nitrogens is 1. The molecule has 0 radical (unpaired) electrons. The van der Waals surface area contributed by atoms with E-state index in [2.05, 4.69) is 16.4 Å². The van der Waals surface area contributed by atoms with Gasteiger partial charge in [0.2, 0.25) is 6.79 Å². The molecule has 0 saturated carbocycles. The minimum absolute atomic E-state index is 0.244. The molecule has 0 saturated heterocycles. The number of hydrogen-bond donors (Lipinski definition) is 1. The van der Waals surface area contributed by atoms with Crippen LogP contribution >= 0.6 is 11.3 Å². The second-order valence-electron chi connectivity index (χ2n) is 5.29. The third-order valence-corrected chi connectivity index (χ3v) is 4.56. The van der Waals surface area contributed by atoms with Gasteiger partial charge < -0.3 is 14.8 Å². The van der Waals surface area contributed by atoms with Gasteiger partial charge in [-0.3, -0.25) is 0 Å². The molecule has 6 heteroatoms. The zero-order valence-corrected chi connectivity index (χ0v) is 13.9. The third kappa shape index (κ3) is 3.18. The predicted octanol–water partition coefficient (Wildman–Crippen LogP) is 4.52. The number of para-hydroxylation sites is 1. The Morgan fingerprint density at radius 3 is 2.84 bits per heavy atom. The monoisotopic (exact) mass is 347 g/mol. The zero-order chi connectivity index (χ0) is 17.1. The number of hydrogen-bond acceptors (Lipinski definition) is 6. The molecular formula is C19H13N3O2S. The molecule has 1 aliphatic rings. The van der Waals surface area contributed by atoms with Crippen molar-refractivity contribution in [2.75, 3.05) is 12.1 Å². The highest BCUT2D eigenvalue weighted by Crippen LogP contribution is 2.36. The first-order chi connectivity index (χ1) is 12.3. The second-order valence-corrected chi connectivity index (χ2v) is 6.14. The standard InChI is InChI=1S/C19H13N3O2S/c20-9-14(10-21-15-4-2-1-3-5-15)19-22-16(11-25-19)13-6-7-17-18(8-13)24-12-23-17/h1-8,10-11,21H,12H2. The first kappa shape index (κ1) is 15.2. The van der Waals surface area contributed by atoms with E-state index >= 15 is 0 Å². The Hall–Kier alpha value is -3.30. The van der Waals surface area contributed by atoms with Gasteiger partial charge in [0.1, 0.15) is 16.6 Å². The molecule has 0 unspecified atom stereocenters. The van der Waals surface area contributed by atoms with Crippen molar-refractivity contribution in [2.45, 2.75) is 0 Å². The second kappa shape index (κ2) is 6.67. The number of ether oxygens (including phenoxy) is 2. The normalized spacial score (nSPS) is 12.7. The molecule has 1 N–H and O–H groups in total. The molecule has 0 spiro atoms. The number of fused-ring (bicyclic) bond motifs is 1. The van der Waals surface area contributed by atoms with Crippen LogP contribution in [0.4, 0.5) is 5.69 Å². The molecule has 0 aliphatic carbocycles. The van der Waals surface area contributed by atoms with Crippen LogP contribution < -0.4 is 14.8 Å². The minimum Gasteiger partial charge on any atom is -0.454 e. The SMILES string of the molecule is N#CC(=CNc1ccccc1)c1nc(-c2ccc3c(c2)OCO3)cs1. The van der Waals surface area contributed by atoms with Crippen molar-refractivity contribution in [1.82, 2.24) is 4.98 Å². The van der Waals surface area contributed by atoms with Crippen LogP contribution in [0, 0.1) is 11.3 Å². The molecule has 0 fully saturated rings. The van der Waals surface area contributed by atoms with E-state index < -0.39 is 0 Å². The first-order valence-corrected chi connectivity index (χ1v) is 8.49. The average molecular weight is 347 g/mol. The fourth-order valence-electron chi connectivity index (χ4n) is 2.42. The van der Waals surface area contributed by atoms with Crippen LogP contribution in [0.25, 0.3) is 16.8 Å². The first-order valence-electron chi connectivity index (χ1n) is 7.61. The molecular weight excluding hydrogens is 334 g/mol. The molecule has 2 heterocycles. The van der Waals surface area contributed by atoms with Crippen molar-refractivity contribution in [1.29, 1.82) is 5.26 Å². The Kier molecular flexibility index (Phi) is 4.07. The number of rotatable bonds is 4. The van der Waals surface area contributed by atoms with E-state index in [0.29, 0.717) is 16.3 Å². The highest BCUT2D eigenvalue weighted by molar-refractivity contribution is 7.11. The van der Waals surface area contributed by atoms with Crippen LogP contribution in [-0.2, 0) is 0 Å². The van der Waals surface area contributed by atoms with Gasteiger partial charge in [0, 0.05) is 22.8 Å². The lowest BCUT2D eigenvalue weighted by molar-refractivity contribution is 0.174. The van der Waals surface area contributed by atoms with Crippen LogP contribution in [0.1, 0.15) is 5.01 Å². The summed E-state index contributed by atoms with van der Waals surface area (Å²) in [6.45, 7) is 0.244. The van der Waals surface area contributed by atoms with Gasteiger partial charge in [0.15, 0.2) is 11.5 Å². The van der Waals surface area contributed by atoms with E-state index in [1.54, 1.807) is 6.20 Å². The number of nitriles is 1. The number of anilines is 1. The molecule has 4 rings (SSSR count). The lowest BCUT2D eigenvalue weighted by Gasteiger charge is -2.01. The van der Waals surface area contributed by atoms with E-state index in [-0.39, 0.29) is 6.79 Å². The fraction of sp³-hybridized carbons (Fsp3) is 0.0526. The Balaban J connectivity index is 1.58. The summed E-state index contributed by atoms with van der Waals surface area (Å²) >= 11 is 1.43. The Morgan fingerprint density at radius 2 is 2.00 bits per heavy atom. The summed E-state index contributed by atoms with van der Waals surface area (Å²) in [6, 6.07) is 17.6. The van der Waals surface area contributed by atoms with Gasteiger partial charge in [-0.15, -0.1) is 11.3 Å². The minimum atomic E-state index is 0.244. The molecule has 0 atom stereocenters. The van der Waals surface area contributed by atoms with E-state index in [9.17, 15) is 5.26 Å². The number of thiazole rings is 1. The van der Waals surface area contributed by atoms with Gasteiger partial charge in [0.25, 0.3) is 0 Å². The van der Waals surface area contributed by atoms with E-state index in [0.717, 1.165) is 22.7 Å². The summed E-state index contributed by atoms with van der Waals surface area (Å²) in [5.41, 5.74) is 3.14. The van der Waals surface area contributed by atoms with Crippen molar-refractivity contribution in [3.63, 3.8) is 0 Å². The Bertz CT molecular complexity index is 974. The quantitative estimate of drug-likeness (QED) is 0.703. The predicted molar refractivity (Wildman–Crippen MR) is 97.3 cm³/mol. The van der Waals surface area contributed by atoms with E-state index in [1.807, 2.05) is 53.9 Å². The highest BCUT2D eigenvalue weighted by Gasteiger charge is 2.15. The maximum atomic E-state index is 9.44. The lowest BCUT2D eigenvalue weighted by Crippen LogP contribution is -1.92. The van der Waals surface area contributed by atoms with Crippen molar-refractivity contribution in [2.24, 2.45) is 0 Å². The van der Waals surface area contributed by atoms with E-state index in [1.165, 1.54) is 11.3 Å². The maximum Gasteiger partial charge on any atom is 0.231 e. The Labute approximate surface area is 148 Å². The smallest absolute Gasteiger partial charge is 0.231 e. The van der Waals surface area contributed by atoms with Gasteiger partial charge in [-0.2, -0.15) is 5.26 Å². The summed E-state index contributed by atoms with van der Waals surface area (Å²) in [6.07, 6.45) is 1.68. The maximum absolute atomic E-state index is 9.44. The van der Waals surface area contributed by atoms with Gasteiger partial charge in [-0.05, 0) is 30.3 Å². The lowest BCUT2D eigenvalue weighted by atomic mass is 10.1.